The maximum atomic E-state index is 11.7. The molecule has 0 atom stereocenters. The van der Waals surface area contributed by atoms with Crippen molar-refractivity contribution < 1.29 is 4.79 Å². The van der Waals surface area contributed by atoms with E-state index in [0.29, 0.717) is 10.6 Å². The Balaban J connectivity index is 2.79. The highest BCUT2D eigenvalue weighted by molar-refractivity contribution is 6.31. The topological polar surface area (TPSA) is 42.0 Å². The number of fused-ring (bicyclic) bond motifs is 1. The van der Waals surface area contributed by atoms with Crippen LogP contribution >= 0.6 is 11.6 Å². The first kappa shape index (κ1) is 10.9. The summed E-state index contributed by atoms with van der Waals surface area (Å²) in [5, 5.41) is 3.99. The van der Waals surface area contributed by atoms with Gasteiger partial charge in [-0.3, -0.25) is 9.78 Å². The molecule has 2 aromatic rings. The Morgan fingerprint density at radius 2 is 2.12 bits per heavy atom. The molecule has 1 heterocycles. The van der Waals surface area contributed by atoms with E-state index in [1.807, 2.05) is 13.0 Å². The van der Waals surface area contributed by atoms with Crippen molar-refractivity contribution in [3.05, 3.63) is 40.5 Å². The number of carbonyl (C=O) groups excluding carboxylic acids is 1. The number of aryl methyl sites for hydroxylation is 1. The molecule has 3 nitrogen and oxygen atoms in total. The highest BCUT2D eigenvalue weighted by Gasteiger charge is 2.10. The lowest BCUT2D eigenvalue weighted by molar-refractivity contribution is 0.0964. The number of hydrogen-bond donors (Lipinski definition) is 1. The van der Waals surface area contributed by atoms with Crippen molar-refractivity contribution in [1.29, 1.82) is 0 Å². The van der Waals surface area contributed by atoms with Crippen LogP contribution in [0.15, 0.2) is 24.3 Å². The van der Waals surface area contributed by atoms with Crippen molar-refractivity contribution in [3.63, 3.8) is 0 Å². The molecule has 1 N–H and O–H groups in total. The molecule has 0 bridgehead atoms. The number of nitrogens with one attached hydrogen (secondary N) is 1. The van der Waals surface area contributed by atoms with Crippen molar-refractivity contribution in [2.24, 2.45) is 0 Å². The molecule has 16 heavy (non-hydrogen) atoms. The minimum absolute atomic E-state index is 0.127. The first-order valence-corrected chi connectivity index (χ1v) is 5.28. The summed E-state index contributed by atoms with van der Waals surface area (Å²) in [5.74, 6) is -0.127. The number of carbonyl (C=O) groups is 1. The minimum Gasteiger partial charge on any atom is -0.355 e. The van der Waals surface area contributed by atoms with Crippen LogP contribution in [0.5, 0.6) is 0 Å². The number of aromatic nitrogens is 1. The van der Waals surface area contributed by atoms with Crippen LogP contribution in [-0.2, 0) is 0 Å². The number of pyridine rings is 1. The highest BCUT2D eigenvalue weighted by Crippen LogP contribution is 2.22. The average molecular weight is 235 g/mol. The Bertz CT molecular complexity index is 566. The third kappa shape index (κ3) is 1.86. The Kier molecular flexibility index (Phi) is 2.79. The summed E-state index contributed by atoms with van der Waals surface area (Å²) in [4.78, 5) is 16.1. The highest BCUT2D eigenvalue weighted by atomic mass is 35.5. The molecule has 1 amide bonds. The van der Waals surface area contributed by atoms with Gasteiger partial charge in [-0.25, -0.2) is 0 Å². The van der Waals surface area contributed by atoms with Crippen LogP contribution in [0, 0.1) is 6.92 Å². The van der Waals surface area contributed by atoms with E-state index >= 15 is 0 Å². The number of nitrogens with zero attached hydrogens (tertiary/aromatic N) is 1. The van der Waals surface area contributed by atoms with Crippen LogP contribution in [-0.4, -0.2) is 17.9 Å². The maximum absolute atomic E-state index is 11.7. The summed E-state index contributed by atoms with van der Waals surface area (Å²) in [7, 11) is 1.61. The van der Waals surface area contributed by atoms with E-state index in [9.17, 15) is 4.79 Å². The first-order valence-electron chi connectivity index (χ1n) is 4.91. The predicted octanol–water partition coefficient (Wildman–Crippen LogP) is 2.56. The predicted molar refractivity (Wildman–Crippen MR) is 64.9 cm³/mol. The fourth-order valence-corrected chi connectivity index (χ4v) is 1.83. The zero-order valence-corrected chi connectivity index (χ0v) is 9.80. The largest absolute Gasteiger partial charge is 0.355 e. The zero-order valence-electron chi connectivity index (χ0n) is 9.04. The summed E-state index contributed by atoms with van der Waals surface area (Å²) in [6, 6.07) is 7.10. The van der Waals surface area contributed by atoms with Gasteiger partial charge in [0.15, 0.2) is 0 Å². The lowest BCUT2D eigenvalue weighted by Crippen LogP contribution is -2.18. The van der Waals surface area contributed by atoms with Crippen LogP contribution in [0.25, 0.3) is 10.9 Å². The summed E-state index contributed by atoms with van der Waals surface area (Å²) in [5.41, 5.74) is 2.20. The smallest absolute Gasteiger partial charge is 0.251 e. The number of amides is 1. The monoisotopic (exact) mass is 234 g/mol. The Labute approximate surface area is 98.4 Å². The van der Waals surface area contributed by atoms with Gasteiger partial charge in [0, 0.05) is 23.2 Å². The average Bonchev–Trinajstić information content (AvgIpc) is 2.27. The van der Waals surface area contributed by atoms with Gasteiger partial charge in [0.25, 0.3) is 5.91 Å². The van der Waals surface area contributed by atoms with Crippen molar-refractivity contribution in [3.8, 4) is 0 Å². The molecule has 2 rings (SSSR count). The Hall–Kier alpha value is -1.61. The molecule has 0 fully saturated rings. The van der Waals surface area contributed by atoms with E-state index in [0.717, 1.165) is 16.6 Å². The van der Waals surface area contributed by atoms with Crippen molar-refractivity contribution in [2.75, 3.05) is 7.05 Å². The Morgan fingerprint density at radius 1 is 1.38 bits per heavy atom. The summed E-state index contributed by atoms with van der Waals surface area (Å²) >= 11 is 5.92. The van der Waals surface area contributed by atoms with Gasteiger partial charge in [-0.05, 0) is 31.2 Å². The quantitative estimate of drug-likeness (QED) is 0.824. The number of hydrogen-bond acceptors (Lipinski definition) is 2. The SMILES string of the molecule is CNC(=O)c1cc(C)nc2ccc(Cl)cc12. The van der Waals surface area contributed by atoms with Gasteiger partial charge in [-0.2, -0.15) is 0 Å². The standard InChI is InChI=1S/C12H11ClN2O/c1-7-5-10(12(16)14-2)9-6-8(13)3-4-11(9)15-7/h3-6H,1-2H3,(H,14,16). The Morgan fingerprint density at radius 3 is 2.81 bits per heavy atom. The van der Waals surface area contributed by atoms with Gasteiger partial charge in [0.1, 0.15) is 0 Å². The van der Waals surface area contributed by atoms with Crippen LogP contribution in [0.1, 0.15) is 16.1 Å². The summed E-state index contributed by atoms with van der Waals surface area (Å²) < 4.78 is 0. The second kappa shape index (κ2) is 4.10. The normalized spacial score (nSPS) is 10.4. The summed E-state index contributed by atoms with van der Waals surface area (Å²) in [6.07, 6.45) is 0. The van der Waals surface area contributed by atoms with Gasteiger partial charge in [-0.1, -0.05) is 11.6 Å². The van der Waals surface area contributed by atoms with Gasteiger partial charge in [0.2, 0.25) is 0 Å². The zero-order chi connectivity index (χ0) is 11.7. The van der Waals surface area contributed by atoms with Crippen LogP contribution in [0.4, 0.5) is 0 Å². The van der Waals surface area contributed by atoms with Crippen molar-refractivity contribution in [1.82, 2.24) is 10.3 Å². The van der Waals surface area contributed by atoms with E-state index in [1.54, 1.807) is 25.2 Å². The molecule has 82 valence electrons. The fourth-order valence-electron chi connectivity index (χ4n) is 1.65. The van der Waals surface area contributed by atoms with Gasteiger partial charge >= 0.3 is 0 Å². The van der Waals surface area contributed by atoms with E-state index in [4.69, 9.17) is 11.6 Å². The van der Waals surface area contributed by atoms with Crippen molar-refractivity contribution >= 4 is 28.4 Å². The molecule has 0 saturated carbocycles. The molecule has 0 spiro atoms. The number of benzene rings is 1. The second-order valence-corrected chi connectivity index (χ2v) is 3.99. The molecule has 0 radical (unpaired) electrons. The number of halogens is 1. The molecule has 0 aliphatic carbocycles. The fraction of sp³-hybridized carbons (Fsp3) is 0.167. The van der Waals surface area contributed by atoms with E-state index < -0.39 is 0 Å². The molecular formula is C12H11ClN2O. The third-order valence-electron chi connectivity index (χ3n) is 2.37. The molecule has 1 aromatic carbocycles. The van der Waals surface area contributed by atoms with Crippen LogP contribution in [0.3, 0.4) is 0 Å². The molecule has 0 aliphatic rings. The van der Waals surface area contributed by atoms with E-state index in [1.165, 1.54) is 0 Å². The van der Waals surface area contributed by atoms with Crippen LogP contribution < -0.4 is 5.32 Å². The molecule has 0 aliphatic heterocycles. The summed E-state index contributed by atoms with van der Waals surface area (Å²) in [6.45, 7) is 1.86. The molecule has 4 heteroatoms. The lowest BCUT2D eigenvalue weighted by atomic mass is 10.1. The van der Waals surface area contributed by atoms with Gasteiger partial charge < -0.3 is 5.32 Å². The molecule has 1 aromatic heterocycles. The van der Waals surface area contributed by atoms with E-state index in [2.05, 4.69) is 10.3 Å². The van der Waals surface area contributed by atoms with Crippen LogP contribution in [0.2, 0.25) is 5.02 Å². The maximum Gasteiger partial charge on any atom is 0.251 e. The van der Waals surface area contributed by atoms with E-state index in [-0.39, 0.29) is 5.91 Å². The molecule has 0 saturated heterocycles. The third-order valence-corrected chi connectivity index (χ3v) is 2.61. The molecule has 0 unspecified atom stereocenters. The molecular weight excluding hydrogens is 224 g/mol. The lowest BCUT2D eigenvalue weighted by Gasteiger charge is -2.06. The van der Waals surface area contributed by atoms with Gasteiger partial charge in [0.05, 0.1) is 11.1 Å². The first-order chi connectivity index (χ1) is 7.61. The van der Waals surface area contributed by atoms with Crippen molar-refractivity contribution in [2.45, 2.75) is 6.92 Å². The minimum atomic E-state index is -0.127. The number of rotatable bonds is 1. The second-order valence-electron chi connectivity index (χ2n) is 3.55. The van der Waals surface area contributed by atoms with Gasteiger partial charge in [-0.15, -0.1) is 0 Å².